The summed E-state index contributed by atoms with van der Waals surface area (Å²) in [7, 11) is 0.0324. The molecule has 0 bridgehead atoms. The maximum atomic E-state index is 6.46. The molecule has 4 heterocycles. The quantitative estimate of drug-likeness (QED) is 0.309. The first kappa shape index (κ1) is 24.9. The van der Waals surface area contributed by atoms with Crippen molar-refractivity contribution in [3.05, 3.63) is 54.1 Å². The lowest BCUT2D eigenvalue weighted by molar-refractivity contribution is 0.271. The number of rotatable bonds is 7. The molecule has 0 spiro atoms. The number of hydrogen-bond donors (Lipinski definition) is 1. The molecule has 4 aromatic rings. The van der Waals surface area contributed by atoms with Gasteiger partial charge in [-0.1, -0.05) is 34.6 Å². The third-order valence-corrected chi connectivity index (χ3v) is 11.2. The molecule has 0 aliphatic carbocycles. The van der Waals surface area contributed by atoms with Crippen LogP contribution in [0.15, 0.2) is 42.9 Å². The number of pyridine rings is 2. The van der Waals surface area contributed by atoms with E-state index in [9.17, 15) is 0 Å². The van der Waals surface area contributed by atoms with E-state index < -0.39 is 8.32 Å². The minimum absolute atomic E-state index is 0.138. The topological polar surface area (TPSA) is 90.6 Å². The summed E-state index contributed by atoms with van der Waals surface area (Å²) in [5.41, 5.74) is 5.62. The number of aryl methyl sites for hydroxylation is 1. The summed E-state index contributed by atoms with van der Waals surface area (Å²) in [5.74, 6) is 1.74. The van der Waals surface area contributed by atoms with Gasteiger partial charge in [-0.05, 0) is 53.9 Å². The summed E-state index contributed by atoms with van der Waals surface area (Å²) in [5, 5.41) is 16.4. The predicted molar refractivity (Wildman–Crippen MR) is 143 cm³/mol. The summed E-state index contributed by atoms with van der Waals surface area (Å²) < 4.78 is 8.29. The first-order valence-electron chi connectivity index (χ1n) is 12.0. The molecule has 0 radical (unpaired) electrons. The van der Waals surface area contributed by atoms with E-state index in [0.29, 0.717) is 24.2 Å². The summed E-state index contributed by atoms with van der Waals surface area (Å²) >= 11 is 0. The summed E-state index contributed by atoms with van der Waals surface area (Å²) in [6.07, 6.45) is 5.68. The van der Waals surface area contributed by atoms with E-state index in [0.717, 1.165) is 33.4 Å². The molecule has 35 heavy (non-hydrogen) atoms. The van der Waals surface area contributed by atoms with Crippen LogP contribution >= 0.6 is 0 Å². The normalized spacial score (nSPS) is 12.5. The zero-order valence-corrected chi connectivity index (χ0v) is 22.9. The van der Waals surface area contributed by atoms with Crippen LogP contribution in [-0.2, 0) is 18.1 Å². The maximum absolute atomic E-state index is 6.46. The SMILES string of the molecule is CC(C)c1cnnc(Nc2ccc3ncc(-c4cn(C)nc4CO[Si](C)(C)C(C)(C)C)cc3n2)c1. The van der Waals surface area contributed by atoms with Crippen molar-refractivity contribution in [3.8, 4) is 11.1 Å². The second kappa shape index (κ2) is 9.47. The van der Waals surface area contributed by atoms with Gasteiger partial charge < -0.3 is 9.74 Å². The van der Waals surface area contributed by atoms with Crippen molar-refractivity contribution in [2.24, 2.45) is 7.05 Å². The molecule has 0 aliphatic rings. The van der Waals surface area contributed by atoms with E-state index in [4.69, 9.17) is 9.41 Å². The molecule has 0 amide bonds. The van der Waals surface area contributed by atoms with Crippen LogP contribution in [0, 0.1) is 0 Å². The van der Waals surface area contributed by atoms with E-state index >= 15 is 0 Å². The molecule has 8 nitrogen and oxygen atoms in total. The van der Waals surface area contributed by atoms with Crippen LogP contribution in [-0.4, -0.2) is 38.3 Å². The summed E-state index contributed by atoms with van der Waals surface area (Å²) in [6.45, 7) is 16.0. The number of hydrogen-bond acceptors (Lipinski definition) is 7. The molecule has 1 N–H and O–H groups in total. The number of fused-ring (bicyclic) bond motifs is 1. The van der Waals surface area contributed by atoms with Gasteiger partial charge in [0.05, 0.1) is 29.5 Å². The van der Waals surface area contributed by atoms with Gasteiger partial charge in [-0.3, -0.25) is 9.67 Å². The Labute approximate surface area is 208 Å². The first-order chi connectivity index (χ1) is 16.4. The number of nitrogens with one attached hydrogen (secondary N) is 1. The van der Waals surface area contributed by atoms with Crippen molar-refractivity contribution in [2.45, 2.75) is 65.3 Å². The fourth-order valence-corrected chi connectivity index (χ4v) is 4.39. The van der Waals surface area contributed by atoms with Crippen LogP contribution in [0.5, 0.6) is 0 Å². The molecule has 0 saturated heterocycles. The van der Waals surface area contributed by atoms with Crippen LogP contribution in [0.2, 0.25) is 18.1 Å². The number of nitrogens with zero attached hydrogens (tertiary/aromatic N) is 6. The molecule has 0 aromatic carbocycles. The average molecular weight is 490 g/mol. The molecule has 0 saturated carbocycles. The maximum Gasteiger partial charge on any atom is 0.192 e. The largest absolute Gasteiger partial charge is 0.411 e. The zero-order chi connectivity index (χ0) is 25.4. The fourth-order valence-electron chi connectivity index (χ4n) is 3.46. The average Bonchev–Trinajstić information content (AvgIpc) is 3.17. The van der Waals surface area contributed by atoms with E-state index in [-0.39, 0.29) is 5.04 Å². The fraction of sp³-hybridized carbons (Fsp3) is 0.423. The highest BCUT2D eigenvalue weighted by molar-refractivity contribution is 6.74. The Bertz CT molecular complexity index is 1340. The van der Waals surface area contributed by atoms with Crippen molar-refractivity contribution in [2.75, 3.05) is 5.32 Å². The van der Waals surface area contributed by atoms with Gasteiger partial charge in [-0.15, -0.1) is 5.10 Å². The molecule has 0 atom stereocenters. The first-order valence-corrected chi connectivity index (χ1v) is 14.9. The molecular formula is C26H35N7OSi. The lowest BCUT2D eigenvalue weighted by Crippen LogP contribution is -2.40. The van der Waals surface area contributed by atoms with Crippen LogP contribution in [0.3, 0.4) is 0 Å². The standard InChI is InChI=1S/C26H35N7OSi/c1-17(2)18-12-25(31-28-14-18)30-24-10-9-21-22(29-24)11-19(13-27-21)20-15-33(6)32-23(20)16-34-35(7,8)26(3,4)5/h9-15,17H,16H2,1-8H3,(H,29,30,31). The minimum atomic E-state index is -1.90. The second-order valence-electron chi connectivity index (χ2n) is 10.8. The van der Waals surface area contributed by atoms with Gasteiger partial charge in [0.25, 0.3) is 0 Å². The third-order valence-electron chi connectivity index (χ3n) is 6.73. The van der Waals surface area contributed by atoms with E-state index in [1.165, 1.54) is 0 Å². The second-order valence-corrected chi connectivity index (χ2v) is 15.6. The molecule has 0 aliphatic heterocycles. The third kappa shape index (κ3) is 5.57. The Morgan fingerprint density at radius 2 is 1.83 bits per heavy atom. The highest BCUT2D eigenvalue weighted by Gasteiger charge is 2.37. The van der Waals surface area contributed by atoms with Crippen molar-refractivity contribution in [1.29, 1.82) is 0 Å². The van der Waals surface area contributed by atoms with Crippen molar-refractivity contribution < 1.29 is 4.43 Å². The highest BCUT2D eigenvalue weighted by Crippen LogP contribution is 2.37. The number of aromatic nitrogens is 6. The van der Waals surface area contributed by atoms with Gasteiger partial charge in [0.2, 0.25) is 0 Å². The summed E-state index contributed by atoms with van der Waals surface area (Å²) in [6, 6.07) is 7.92. The van der Waals surface area contributed by atoms with Crippen molar-refractivity contribution >= 4 is 31.0 Å². The molecule has 4 rings (SSSR count). The van der Waals surface area contributed by atoms with Crippen LogP contribution in [0.4, 0.5) is 11.6 Å². The predicted octanol–water partition coefficient (Wildman–Crippen LogP) is 6.21. The van der Waals surface area contributed by atoms with E-state index in [1.54, 1.807) is 6.20 Å². The molecule has 0 fully saturated rings. The Morgan fingerprint density at radius 1 is 1.06 bits per heavy atom. The molecule has 0 unspecified atom stereocenters. The van der Waals surface area contributed by atoms with Crippen molar-refractivity contribution in [1.82, 2.24) is 29.9 Å². The minimum Gasteiger partial charge on any atom is -0.411 e. The van der Waals surface area contributed by atoms with Gasteiger partial charge in [-0.2, -0.15) is 10.2 Å². The van der Waals surface area contributed by atoms with E-state index in [1.807, 2.05) is 42.3 Å². The molecule has 9 heteroatoms. The Balaban J connectivity index is 1.62. The monoisotopic (exact) mass is 489 g/mol. The highest BCUT2D eigenvalue weighted by atomic mass is 28.4. The Kier molecular flexibility index (Phi) is 6.74. The Hall–Kier alpha value is -3.17. The van der Waals surface area contributed by atoms with Gasteiger partial charge in [0, 0.05) is 30.6 Å². The molecule has 184 valence electrons. The van der Waals surface area contributed by atoms with Gasteiger partial charge in [-0.25, -0.2) is 4.98 Å². The number of anilines is 2. The summed E-state index contributed by atoms with van der Waals surface area (Å²) in [4.78, 5) is 9.45. The van der Waals surface area contributed by atoms with Crippen LogP contribution < -0.4 is 5.32 Å². The lowest BCUT2D eigenvalue weighted by atomic mass is 10.1. The van der Waals surface area contributed by atoms with Crippen molar-refractivity contribution in [3.63, 3.8) is 0 Å². The van der Waals surface area contributed by atoms with Gasteiger partial charge in [0.15, 0.2) is 14.1 Å². The zero-order valence-electron chi connectivity index (χ0n) is 21.9. The molecule has 4 aromatic heterocycles. The lowest BCUT2D eigenvalue weighted by Gasteiger charge is -2.36. The van der Waals surface area contributed by atoms with E-state index in [2.05, 4.69) is 79.4 Å². The van der Waals surface area contributed by atoms with Gasteiger partial charge >= 0.3 is 0 Å². The smallest absolute Gasteiger partial charge is 0.192 e. The van der Waals surface area contributed by atoms with Crippen LogP contribution in [0.1, 0.15) is 51.8 Å². The Morgan fingerprint density at radius 3 is 2.54 bits per heavy atom. The molecular weight excluding hydrogens is 454 g/mol. The van der Waals surface area contributed by atoms with Gasteiger partial charge in [0.1, 0.15) is 5.82 Å². The van der Waals surface area contributed by atoms with Crippen LogP contribution in [0.25, 0.3) is 22.2 Å².